The Bertz CT molecular complexity index is 813. The number of anilines is 1. The Morgan fingerprint density at radius 3 is 2.48 bits per heavy atom. The molecule has 0 aliphatic carbocycles. The molecule has 120 valence electrons. The molecule has 0 amide bonds. The Hall–Kier alpha value is -2.35. The van der Waals surface area contributed by atoms with Gasteiger partial charge in [0.15, 0.2) is 5.65 Å². The molecule has 0 spiro atoms. The molecule has 2 heterocycles. The van der Waals surface area contributed by atoms with Gasteiger partial charge in [-0.05, 0) is 36.2 Å². The molecule has 0 fully saturated rings. The van der Waals surface area contributed by atoms with Crippen molar-refractivity contribution in [1.82, 2.24) is 19.8 Å². The van der Waals surface area contributed by atoms with E-state index in [1.54, 1.807) is 18.2 Å². The Labute approximate surface area is 134 Å². The molecule has 0 unspecified atom stereocenters. The number of nitrogens with zero attached hydrogens (tertiary/aromatic N) is 4. The second-order valence-corrected chi connectivity index (χ2v) is 5.25. The van der Waals surface area contributed by atoms with Crippen LogP contribution in [0.15, 0.2) is 36.4 Å². The minimum Gasteiger partial charge on any atom is -0.368 e. The summed E-state index contributed by atoms with van der Waals surface area (Å²) in [7, 11) is 0. The summed E-state index contributed by atoms with van der Waals surface area (Å²) in [5, 5.41) is 14.1. The molecule has 9 heteroatoms. The average Bonchev–Trinajstić information content (AvgIpc) is 2.92. The average molecular weight is 342 g/mol. The summed E-state index contributed by atoms with van der Waals surface area (Å²) in [6.45, 7) is 0.517. The molecule has 0 radical (unpaired) electrons. The van der Waals surface area contributed by atoms with Crippen molar-refractivity contribution in [3.8, 4) is 0 Å². The first-order valence-electron chi connectivity index (χ1n) is 6.71. The van der Waals surface area contributed by atoms with E-state index in [0.717, 1.165) is 5.56 Å². The molecule has 0 aliphatic rings. The number of alkyl halides is 3. The van der Waals surface area contributed by atoms with Crippen molar-refractivity contribution in [1.29, 1.82) is 0 Å². The molecule has 3 aromatic rings. The van der Waals surface area contributed by atoms with E-state index in [4.69, 9.17) is 11.6 Å². The zero-order valence-electron chi connectivity index (χ0n) is 11.7. The van der Waals surface area contributed by atoms with Crippen molar-refractivity contribution < 1.29 is 13.2 Å². The van der Waals surface area contributed by atoms with Crippen LogP contribution in [-0.2, 0) is 12.6 Å². The van der Waals surface area contributed by atoms with Crippen LogP contribution in [0.25, 0.3) is 5.65 Å². The summed E-state index contributed by atoms with van der Waals surface area (Å²) in [5.41, 5.74) is 1.10. The summed E-state index contributed by atoms with van der Waals surface area (Å²) in [6, 6.07) is 10.3. The molecule has 1 aromatic carbocycles. The number of fused-ring (bicyclic) bond motifs is 1. The smallest absolute Gasteiger partial charge is 0.368 e. The fourth-order valence-corrected chi connectivity index (χ4v) is 2.17. The van der Waals surface area contributed by atoms with Crippen molar-refractivity contribution in [3.05, 3.63) is 52.8 Å². The van der Waals surface area contributed by atoms with Gasteiger partial charge in [-0.2, -0.15) is 17.7 Å². The highest BCUT2D eigenvalue weighted by atomic mass is 35.5. The van der Waals surface area contributed by atoms with Crippen LogP contribution in [0.4, 0.5) is 19.0 Å². The van der Waals surface area contributed by atoms with Crippen molar-refractivity contribution in [2.24, 2.45) is 0 Å². The maximum atomic E-state index is 12.8. The molecule has 0 bridgehead atoms. The van der Waals surface area contributed by atoms with Crippen molar-refractivity contribution in [2.45, 2.75) is 12.6 Å². The second kappa shape index (κ2) is 6.04. The van der Waals surface area contributed by atoms with Gasteiger partial charge in [0, 0.05) is 11.6 Å². The van der Waals surface area contributed by atoms with E-state index < -0.39 is 12.0 Å². The van der Waals surface area contributed by atoms with Gasteiger partial charge in [0.05, 0.1) is 0 Å². The first-order valence-corrected chi connectivity index (χ1v) is 7.09. The van der Waals surface area contributed by atoms with Gasteiger partial charge < -0.3 is 5.32 Å². The van der Waals surface area contributed by atoms with Crippen molar-refractivity contribution in [3.63, 3.8) is 0 Å². The van der Waals surface area contributed by atoms with Gasteiger partial charge in [-0.25, -0.2) is 0 Å². The van der Waals surface area contributed by atoms with Gasteiger partial charge in [-0.1, -0.05) is 23.7 Å². The van der Waals surface area contributed by atoms with Crippen molar-refractivity contribution in [2.75, 3.05) is 11.9 Å². The number of hydrogen-bond acceptors (Lipinski definition) is 4. The normalized spacial score (nSPS) is 11.8. The molecule has 5 nitrogen and oxygen atoms in total. The second-order valence-electron chi connectivity index (χ2n) is 4.81. The maximum absolute atomic E-state index is 12.8. The lowest BCUT2D eigenvalue weighted by Crippen LogP contribution is -2.14. The standard InChI is InChI=1S/C14H11ClF3N5/c15-10-3-1-9(2-4-10)7-8-19-11-5-6-12-20-21-13(14(16,17)18)23(12)22-11/h1-6H,7-8H2,(H,19,22). The van der Waals surface area contributed by atoms with Crippen LogP contribution in [0.2, 0.25) is 5.02 Å². The van der Waals surface area contributed by atoms with Crippen LogP contribution in [-0.4, -0.2) is 26.4 Å². The lowest BCUT2D eigenvalue weighted by atomic mass is 10.1. The van der Waals surface area contributed by atoms with Crippen LogP contribution in [0.5, 0.6) is 0 Å². The molecule has 3 rings (SSSR count). The zero-order chi connectivity index (χ0) is 16.4. The molecule has 0 saturated carbocycles. The van der Waals surface area contributed by atoms with Crippen molar-refractivity contribution >= 4 is 23.1 Å². The van der Waals surface area contributed by atoms with Gasteiger partial charge >= 0.3 is 6.18 Å². The van der Waals surface area contributed by atoms with Crippen LogP contribution in [0.1, 0.15) is 11.4 Å². The number of rotatable bonds is 4. The molecule has 1 N–H and O–H groups in total. The highest BCUT2D eigenvalue weighted by molar-refractivity contribution is 6.30. The third kappa shape index (κ3) is 3.53. The number of hydrogen-bond donors (Lipinski definition) is 1. The summed E-state index contributed by atoms with van der Waals surface area (Å²) < 4.78 is 39.1. The van der Waals surface area contributed by atoms with Gasteiger partial charge in [-0.15, -0.1) is 15.3 Å². The number of benzene rings is 1. The third-order valence-electron chi connectivity index (χ3n) is 3.15. The molecular formula is C14H11ClF3N5. The Kier molecular flexibility index (Phi) is 4.08. The lowest BCUT2D eigenvalue weighted by Gasteiger charge is -2.07. The largest absolute Gasteiger partial charge is 0.453 e. The first kappa shape index (κ1) is 15.5. The zero-order valence-corrected chi connectivity index (χ0v) is 12.4. The van der Waals surface area contributed by atoms with E-state index in [1.807, 2.05) is 12.1 Å². The predicted octanol–water partition coefficient (Wildman–Crippen LogP) is 3.45. The van der Waals surface area contributed by atoms with E-state index in [0.29, 0.717) is 28.3 Å². The van der Waals surface area contributed by atoms with Crippen LogP contribution < -0.4 is 5.32 Å². The highest BCUT2D eigenvalue weighted by Crippen LogP contribution is 2.27. The van der Waals surface area contributed by atoms with E-state index in [9.17, 15) is 13.2 Å². The molecule has 2 aromatic heterocycles. The molecule has 23 heavy (non-hydrogen) atoms. The molecular weight excluding hydrogens is 331 g/mol. The summed E-state index contributed by atoms with van der Waals surface area (Å²) >= 11 is 5.81. The summed E-state index contributed by atoms with van der Waals surface area (Å²) in [6.07, 6.45) is -3.92. The van der Waals surface area contributed by atoms with Gasteiger partial charge in [-0.3, -0.25) is 0 Å². The molecule has 0 saturated heterocycles. The topological polar surface area (TPSA) is 55.1 Å². The number of halogens is 4. The quantitative estimate of drug-likeness (QED) is 0.789. The van der Waals surface area contributed by atoms with Crippen LogP contribution in [0, 0.1) is 0 Å². The fraction of sp³-hybridized carbons (Fsp3) is 0.214. The van der Waals surface area contributed by atoms with Gasteiger partial charge in [0.2, 0.25) is 0 Å². The Balaban J connectivity index is 1.72. The first-order chi connectivity index (χ1) is 10.9. The van der Waals surface area contributed by atoms with E-state index in [1.165, 1.54) is 6.07 Å². The number of nitrogens with one attached hydrogen (secondary N) is 1. The van der Waals surface area contributed by atoms with Gasteiger partial charge in [0.1, 0.15) is 5.82 Å². The number of aromatic nitrogens is 4. The molecule has 0 atom stereocenters. The van der Waals surface area contributed by atoms with Crippen LogP contribution >= 0.6 is 11.6 Å². The Morgan fingerprint density at radius 1 is 1.04 bits per heavy atom. The van der Waals surface area contributed by atoms with Gasteiger partial charge in [0.25, 0.3) is 5.82 Å². The summed E-state index contributed by atoms with van der Waals surface area (Å²) in [4.78, 5) is 0. The predicted molar refractivity (Wildman–Crippen MR) is 79.4 cm³/mol. The maximum Gasteiger partial charge on any atom is 0.453 e. The van der Waals surface area contributed by atoms with Crippen LogP contribution in [0.3, 0.4) is 0 Å². The minimum absolute atomic E-state index is 0.0422. The third-order valence-corrected chi connectivity index (χ3v) is 3.40. The van der Waals surface area contributed by atoms with E-state index in [2.05, 4.69) is 20.6 Å². The molecule has 0 aliphatic heterocycles. The minimum atomic E-state index is -4.60. The lowest BCUT2D eigenvalue weighted by molar-refractivity contribution is -0.146. The SMILES string of the molecule is FC(F)(F)c1nnc2ccc(NCCc3ccc(Cl)cc3)nn12. The monoisotopic (exact) mass is 341 g/mol. The Morgan fingerprint density at radius 2 is 1.78 bits per heavy atom. The summed E-state index contributed by atoms with van der Waals surface area (Å²) in [5.74, 6) is -0.828. The fourth-order valence-electron chi connectivity index (χ4n) is 2.05. The van der Waals surface area contributed by atoms with E-state index in [-0.39, 0.29) is 5.65 Å². The van der Waals surface area contributed by atoms with E-state index >= 15 is 0 Å². The highest BCUT2D eigenvalue weighted by Gasteiger charge is 2.37.